The van der Waals surface area contributed by atoms with E-state index >= 15 is 0 Å². The lowest BCUT2D eigenvalue weighted by Crippen LogP contribution is -2.15. The summed E-state index contributed by atoms with van der Waals surface area (Å²) >= 11 is 0. The zero-order valence-electron chi connectivity index (χ0n) is 7.10. The zero-order chi connectivity index (χ0) is 7.98. The number of nitrogens with zero attached hydrogens (tertiary/aromatic N) is 2. The van der Waals surface area contributed by atoms with E-state index in [1.54, 1.807) is 7.05 Å². The Morgan fingerprint density at radius 3 is 2.40 bits per heavy atom. The van der Waals surface area contributed by atoms with Crippen molar-refractivity contribution < 1.29 is 0 Å². The molecule has 1 N–H and O–H groups in total. The van der Waals surface area contributed by atoms with Gasteiger partial charge in [0.25, 0.3) is 0 Å². The van der Waals surface area contributed by atoms with Crippen LogP contribution in [-0.2, 0) is 0 Å². The topological polar surface area (TPSA) is 36.8 Å². The standard InChI is InChI=1S/C7H15N3/c1-6(8-3)5-10-7(2)9-4/h5H2,1-4H3,(H,9,10)/b8-6-. The maximum atomic E-state index is 4.19. The number of aliphatic imine (C=N–C) groups is 2. The highest BCUT2D eigenvalue weighted by Gasteiger charge is 1.86. The lowest BCUT2D eigenvalue weighted by Gasteiger charge is -1.97. The van der Waals surface area contributed by atoms with Crippen LogP contribution in [-0.4, -0.2) is 32.2 Å². The lowest BCUT2D eigenvalue weighted by molar-refractivity contribution is 1.11. The van der Waals surface area contributed by atoms with Crippen LogP contribution in [0.25, 0.3) is 0 Å². The van der Waals surface area contributed by atoms with Gasteiger partial charge in [-0.3, -0.25) is 9.98 Å². The van der Waals surface area contributed by atoms with Crippen molar-refractivity contribution in [1.82, 2.24) is 5.32 Å². The molecule has 0 aliphatic rings. The van der Waals surface area contributed by atoms with E-state index in [0.29, 0.717) is 6.54 Å². The van der Waals surface area contributed by atoms with E-state index in [0.717, 1.165) is 11.5 Å². The smallest absolute Gasteiger partial charge is 0.0933 e. The lowest BCUT2D eigenvalue weighted by atomic mass is 10.4. The summed E-state index contributed by atoms with van der Waals surface area (Å²) in [5.74, 6) is 0.947. The Morgan fingerprint density at radius 2 is 2.00 bits per heavy atom. The van der Waals surface area contributed by atoms with Crippen LogP contribution in [0, 0.1) is 0 Å². The second kappa shape index (κ2) is 4.97. The summed E-state index contributed by atoms with van der Waals surface area (Å²) in [5.41, 5.74) is 1.05. The molecule has 0 saturated carbocycles. The fraction of sp³-hybridized carbons (Fsp3) is 0.714. The summed E-state index contributed by atoms with van der Waals surface area (Å²) in [4.78, 5) is 8.16. The van der Waals surface area contributed by atoms with E-state index < -0.39 is 0 Å². The van der Waals surface area contributed by atoms with E-state index in [9.17, 15) is 0 Å². The highest BCUT2D eigenvalue weighted by molar-refractivity contribution is 5.87. The van der Waals surface area contributed by atoms with Crippen molar-refractivity contribution in [2.75, 3.05) is 20.6 Å². The first-order chi connectivity index (χ1) is 4.70. The number of amidine groups is 1. The molecule has 0 bridgehead atoms. The second-order valence-electron chi connectivity index (χ2n) is 2.11. The molecule has 0 aliphatic carbocycles. The average molecular weight is 141 g/mol. The van der Waals surface area contributed by atoms with E-state index in [1.807, 2.05) is 20.9 Å². The van der Waals surface area contributed by atoms with Gasteiger partial charge in [0.15, 0.2) is 0 Å². The van der Waals surface area contributed by atoms with Crippen molar-refractivity contribution in [3.05, 3.63) is 0 Å². The van der Waals surface area contributed by atoms with Gasteiger partial charge in [-0.2, -0.15) is 0 Å². The van der Waals surface area contributed by atoms with Gasteiger partial charge in [0.05, 0.1) is 12.4 Å². The van der Waals surface area contributed by atoms with Gasteiger partial charge in [0.1, 0.15) is 0 Å². The molecule has 3 heteroatoms. The predicted molar refractivity (Wildman–Crippen MR) is 46.1 cm³/mol. The molecule has 0 radical (unpaired) electrons. The minimum atomic E-state index is 0.698. The molecular formula is C7H15N3. The van der Waals surface area contributed by atoms with Crippen molar-refractivity contribution in [2.45, 2.75) is 13.8 Å². The quantitative estimate of drug-likeness (QED) is 0.446. The van der Waals surface area contributed by atoms with Gasteiger partial charge in [-0.15, -0.1) is 0 Å². The van der Waals surface area contributed by atoms with Crippen LogP contribution >= 0.6 is 0 Å². The fourth-order valence-electron chi connectivity index (χ4n) is 0.383. The molecule has 3 nitrogen and oxygen atoms in total. The molecule has 0 aromatic rings. The summed E-state index contributed by atoms with van der Waals surface area (Å²) < 4.78 is 0. The highest BCUT2D eigenvalue weighted by atomic mass is 15.0. The SMILES string of the molecule is C/N=C(/C)C/N=C(/C)NC. The van der Waals surface area contributed by atoms with Crippen molar-refractivity contribution in [3.8, 4) is 0 Å². The largest absolute Gasteiger partial charge is 0.377 e. The summed E-state index contributed by atoms with van der Waals surface area (Å²) in [7, 11) is 3.64. The first-order valence-electron chi connectivity index (χ1n) is 3.31. The van der Waals surface area contributed by atoms with E-state index in [1.165, 1.54) is 0 Å². The third kappa shape index (κ3) is 4.06. The summed E-state index contributed by atoms with van der Waals surface area (Å²) in [6.07, 6.45) is 0. The Hall–Kier alpha value is -0.860. The monoisotopic (exact) mass is 141 g/mol. The number of rotatable bonds is 2. The van der Waals surface area contributed by atoms with Gasteiger partial charge in [-0.1, -0.05) is 0 Å². The van der Waals surface area contributed by atoms with Gasteiger partial charge in [0.2, 0.25) is 0 Å². The van der Waals surface area contributed by atoms with Crippen molar-refractivity contribution >= 4 is 11.5 Å². The zero-order valence-corrected chi connectivity index (χ0v) is 7.10. The molecule has 0 atom stereocenters. The molecule has 0 amide bonds. The van der Waals surface area contributed by atoms with Gasteiger partial charge < -0.3 is 5.32 Å². The molecule has 10 heavy (non-hydrogen) atoms. The number of hydrogen-bond donors (Lipinski definition) is 1. The van der Waals surface area contributed by atoms with Crippen LogP contribution < -0.4 is 5.32 Å². The summed E-state index contributed by atoms with van der Waals surface area (Å²) in [6.45, 7) is 4.60. The number of hydrogen-bond acceptors (Lipinski definition) is 2. The van der Waals surface area contributed by atoms with Crippen LogP contribution in [0.4, 0.5) is 0 Å². The molecule has 0 aromatic heterocycles. The minimum absolute atomic E-state index is 0.698. The Balaban J connectivity index is 3.72. The molecule has 0 saturated heterocycles. The Bertz CT molecular complexity index is 147. The Labute approximate surface area is 62.3 Å². The maximum absolute atomic E-state index is 4.19. The van der Waals surface area contributed by atoms with Crippen LogP contribution in [0.15, 0.2) is 9.98 Å². The first-order valence-corrected chi connectivity index (χ1v) is 3.31. The van der Waals surface area contributed by atoms with Crippen molar-refractivity contribution in [1.29, 1.82) is 0 Å². The van der Waals surface area contributed by atoms with Crippen molar-refractivity contribution in [2.24, 2.45) is 9.98 Å². The normalized spacial score (nSPS) is 13.6. The molecule has 0 unspecified atom stereocenters. The van der Waals surface area contributed by atoms with Crippen LogP contribution in [0.3, 0.4) is 0 Å². The summed E-state index contributed by atoms with van der Waals surface area (Å²) in [6, 6.07) is 0. The van der Waals surface area contributed by atoms with Crippen LogP contribution in [0.1, 0.15) is 13.8 Å². The van der Waals surface area contributed by atoms with Gasteiger partial charge in [-0.25, -0.2) is 0 Å². The minimum Gasteiger partial charge on any atom is -0.377 e. The average Bonchev–Trinajstić information content (AvgIpc) is 1.99. The van der Waals surface area contributed by atoms with Crippen LogP contribution in [0.2, 0.25) is 0 Å². The molecule has 0 heterocycles. The Morgan fingerprint density at radius 1 is 1.40 bits per heavy atom. The van der Waals surface area contributed by atoms with Crippen LogP contribution in [0.5, 0.6) is 0 Å². The molecule has 0 fully saturated rings. The second-order valence-corrected chi connectivity index (χ2v) is 2.11. The third-order valence-electron chi connectivity index (χ3n) is 1.29. The predicted octanol–water partition coefficient (Wildman–Crippen LogP) is 0.715. The summed E-state index contributed by atoms with van der Waals surface area (Å²) in [5, 5.41) is 2.94. The fourth-order valence-corrected chi connectivity index (χ4v) is 0.383. The molecule has 0 spiro atoms. The molecule has 0 aliphatic heterocycles. The maximum Gasteiger partial charge on any atom is 0.0933 e. The third-order valence-corrected chi connectivity index (χ3v) is 1.29. The Kier molecular flexibility index (Phi) is 4.54. The van der Waals surface area contributed by atoms with Crippen molar-refractivity contribution in [3.63, 3.8) is 0 Å². The molecular weight excluding hydrogens is 126 g/mol. The molecule has 0 rings (SSSR count). The van der Waals surface area contributed by atoms with Gasteiger partial charge in [-0.05, 0) is 13.8 Å². The van der Waals surface area contributed by atoms with Gasteiger partial charge in [0, 0.05) is 19.8 Å². The van der Waals surface area contributed by atoms with Gasteiger partial charge >= 0.3 is 0 Å². The highest BCUT2D eigenvalue weighted by Crippen LogP contribution is 1.78. The number of nitrogens with one attached hydrogen (secondary N) is 1. The molecule has 58 valence electrons. The first kappa shape index (κ1) is 9.14. The van der Waals surface area contributed by atoms with E-state index in [4.69, 9.17) is 0 Å². The van der Waals surface area contributed by atoms with E-state index in [2.05, 4.69) is 15.3 Å². The van der Waals surface area contributed by atoms with E-state index in [-0.39, 0.29) is 0 Å². The molecule has 0 aromatic carbocycles.